The third kappa shape index (κ3) is 5.65. The lowest BCUT2D eigenvalue weighted by molar-refractivity contribution is -0.137. The van der Waals surface area contributed by atoms with Gasteiger partial charge in [-0.2, -0.15) is 0 Å². The minimum Gasteiger partial charge on any atom is -0.481 e. The molecule has 160 valence electrons. The van der Waals surface area contributed by atoms with Gasteiger partial charge in [-0.05, 0) is 44.1 Å². The van der Waals surface area contributed by atoms with Gasteiger partial charge in [0.25, 0.3) is 0 Å². The lowest BCUT2D eigenvalue weighted by atomic mass is 9.87. The maximum absolute atomic E-state index is 11.1. The van der Waals surface area contributed by atoms with Crippen molar-refractivity contribution in [3.8, 4) is 0 Å². The summed E-state index contributed by atoms with van der Waals surface area (Å²) in [5, 5.41) is 9.13. The van der Waals surface area contributed by atoms with E-state index >= 15 is 0 Å². The van der Waals surface area contributed by atoms with Crippen LogP contribution in [-0.4, -0.2) is 53.1 Å². The van der Waals surface area contributed by atoms with Crippen LogP contribution in [0.3, 0.4) is 0 Å². The van der Waals surface area contributed by atoms with Crippen LogP contribution in [-0.2, 0) is 15.3 Å². The average Bonchev–Trinajstić information content (AvgIpc) is 3.08. The number of rotatable bonds is 9. The lowest BCUT2D eigenvalue weighted by Crippen LogP contribution is -2.52. The molecule has 29 heavy (non-hydrogen) atoms. The fourth-order valence-electron chi connectivity index (χ4n) is 5.05. The molecule has 1 aliphatic heterocycles. The van der Waals surface area contributed by atoms with Gasteiger partial charge >= 0.3 is 5.97 Å². The highest BCUT2D eigenvalue weighted by Gasteiger charge is 2.50. The first-order chi connectivity index (χ1) is 14.0. The van der Waals surface area contributed by atoms with E-state index in [0.717, 1.165) is 38.5 Å². The van der Waals surface area contributed by atoms with Gasteiger partial charge in [0.05, 0.1) is 18.0 Å². The summed E-state index contributed by atoms with van der Waals surface area (Å²) in [5.41, 5.74) is 2.80. The van der Waals surface area contributed by atoms with Crippen LogP contribution in [0.5, 0.6) is 0 Å². The Labute approximate surface area is 179 Å². The van der Waals surface area contributed by atoms with Crippen molar-refractivity contribution in [2.24, 2.45) is 5.92 Å². The van der Waals surface area contributed by atoms with Crippen LogP contribution in [0.1, 0.15) is 51.5 Å². The van der Waals surface area contributed by atoms with Crippen LogP contribution in [0.2, 0.25) is 0 Å². The number of carbonyl (C=O) groups is 1. The zero-order valence-corrected chi connectivity index (χ0v) is 18.6. The molecule has 3 atom stereocenters. The van der Waals surface area contributed by atoms with Crippen LogP contribution in [0.15, 0.2) is 42.0 Å². The minimum absolute atomic E-state index is 0.0554. The molecule has 1 aliphatic carbocycles. The second kappa shape index (κ2) is 10.6. The Morgan fingerprint density at radius 2 is 2.00 bits per heavy atom. The number of hydrogen-bond donors (Lipinski definition) is 1. The molecule has 3 rings (SSSR count). The van der Waals surface area contributed by atoms with Crippen molar-refractivity contribution in [3.05, 3.63) is 47.5 Å². The summed E-state index contributed by atoms with van der Waals surface area (Å²) in [5.74, 6) is 0.960. The molecule has 1 heterocycles. The Hall–Kier alpha value is -1.30. The monoisotopic (exact) mass is 417 g/mol. The molecule has 1 saturated carbocycles. The quantitative estimate of drug-likeness (QED) is 0.574. The molecule has 5 heteroatoms. The summed E-state index contributed by atoms with van der Waals surface area (Å²) in [6.45, 7) is 8.14. The Morgan fingerprint density at radius 3 is 2.66 bits per heavy atom. The van der Waals surface area contributed by atoms with Crippen molar-refractivity contribution in [1.82, 2.24) is 4.90 Å². The second-order valence-electron chi connectivity index (χ2n) is 8.43. The van der Waals surface area contributed by atoms with E-state index in [1.807, 2.05) is 0 Å². The van der Waals surface area contributed by atoms with Crippen molar-refractivity contribution in [2.75, 3.05) is 26.3 Å². The summed E-state index contributed by atoms with van der Waals surface area (Å²) >= 11 is 2.08. The van der Waals surface area contributed by atoms with E-state index in [0.29, 0.717) is 18.4 Å². The number of ether oxygens (including phenoxy) is 1. The van der Waals surface area contributed by atoms with Crippen molar-refractivity contribution >= 4 is 17.7 Å². The Morgan fingerprint density at radius 1 is 1.28 bits per heavy atom. The zero-order valence-electron chi connectivity index (χ0n) is 17.8. The number of morpholine rings is 1. The SMILES string of the molecule is CC=C(CCCC(=O)O)C1(SCc2ccccc2)CC(C)CC1N1CCOCC1. The van der Waals surface area contributed by atoms with E-state index in [9.17, 15) is 4.79 Å². The Balaban J connectivity index is 1.86. The largest absolute Gasteiger partial charge is 0.481 e. The predicted molar refractivity (Wildman–Crippen MR) is 120 cm³/mol. The van der Waals surface area contributed by atoms with Crippen molar-refractivity contribution in [3.63, 3.8) is 0 Å². The lowest BCUT2D eigenvalue weighted by Gasteiger charge is -2.45. The summed E-state index contributed by atoms with van der Waals surface area (Å²) in [6.07, 6.45) is 6.49. The first kappa shape index (κ1) is 22.4. The summed E-state index contributed by atoms with van der Waals surface area (Å²) in [7, 11) is 0. The van der Waals surface area contributed by atoms with Crippen molar-refractivity contribution in [2.45, 2.75) is 62.5 Å². The second-order valence-corrected chi connectivity index (χ2v) is 9.74. The van der Waals surface area contributed by atoms with Gasteiger partial charge in [-0.15, -0.1) is 11.8 Å². The molecule has 1 saturated heterocycles. The Bertz CT molecular complexity index is 687. The molecule has 0 radical (unpaired) electrons. The van der Waals surface area contributed by atoms with E-state index in [-0.39, 0.29) is 11.2 Å². The van der Waals surface area contributed by atoms with E-state index in [1.165, 1.54) is 24.0 Å². The molecule has 1 aromatic carbocycles. The molecule has 0 bridgehead atoms. The normalized spacial score (nSPS) is 28.6. The van der Waals surface area contributed by atoms with Crippen LogP contribution in [0, 0.1) is 5.92 Å². The first-order valence-corrected chi connectivity index (χ1v) is 11.9. The summed E-state index contributed by atoms with van der Waals surface area (Å²) < 4.78 is 5.69. The average molecular weight is 418 g/mol. The standard InChI is InChI=1S/C24H35NO3S/c1-3-21(10-7-11-23(26)27)24(29-18-20-8-5-4-6-9-20)17-19(2)16-22(24)25-12-14-28-15-13-25/h3-6,8-9,19,22H,7,10-18H2,1-2H3,(H,26,27). The maximum atomic E-state index is 11.1. The molecule has 1 aromatic rings. The van der Waals surface area contributed by atoms with E-state index in [1.54, 1.807) is 0 Å². The van der Waals surface area contributed by atoms with Crippen LogP contribution >= 0.6 is 11.8 Å². The van der Waals surface area contributed by atoms with Gasteiger partial charge in [-0.3, -0.25) is 9.69 Å². The number of nitrogens with zero attached hydrogens (tertiary/aromatic N) is 1. The third-order valence-electron chi connectivity index (χ3n) is 6.37. The van der Waals surface area contributed by atoms with Gasteiger partial charge in [0, 0.05) is 31.3 Å². The first-order valence-electron chi connectivity index (χ1n) is 10.9. The zero-order chi connectivity index (χ0) is 20.7. The van der Waals surface area contributed by atoms with Crippen LogP contribution in [0.4, 0.5) is 0 Å². The molecule has 2 fully saturated rings. The molecule has 2 aliphatic rings. The van der Waals surface area contributed by atoms with Crippen molar-refractivity contribution in [1.29, 1.82) is 0 Å². The van der Waals surface area contributed by atoms with Crippen molar-refractivity contribution < 1.29 is 14.6 Å². The molecule has 0 spiro atoms. The number of thioether (sulfide) groups is 1. The number of hydrogen-bond acceptors (Lipinski definition) is 4. The molecule has 1 N–H and O–H groups in total. The number of aliphatic carboxylic acids is 1. The van der Waals surface area contributed by atoms with Gasteiger partial charge in [-0.25, -0.2) is 0 Å². The fourth-order valence-corrected chi connectivity index (χ4v) is 6.91. The van der Waals surface area contributed by atoms with E-state index in [4.69, 9.17) is 9.84 Å². The van der Waals surface area contributed by atoms with Gasteiger partial charge in [0.1, 0.15) is 0 Å². The van der Waals surface area contributed by atoms with Crippen LogP contribution < -0.4 is 0 Å². The topological polar surface area (TPSA) is 49.8 Å². The summed E-state index contributed by atoms with van der Waals surface area (Å²) in [6, 6.07) is 11.2. The number of allylic oxidation sites excluding steroid dienone is 1. The molecule has 0 amide bonds. The predicted octanol–water partition coefficient (Wildman–Crippen LogP) is 4.99. The molecule has 4 nitrogen and oxygen atoms in total. The Kier molecular flexibility index (Phi) is 8.22. The van der Waals surface area contributed by atoms with E-state index in [2.05, 4.69) is 66.9 Å². The summed E-state index contributed by atoms with van der Waals surface area (Å²) in [4.78, 5) is 13.7. The molecular weight excluding hydrogens is 382 g/mol. The minimum atomic E-state index is -0.698. The third-order valence-corrected chi connectivity index (χ3v) is 8.06. The number of carboxylic acid groups (broad SMARTS) is 1. The highest BCUT2D eigenvalue weighted by atomic mass is 32.2. The maximum Gasteiger partial charge on any atom is 0.303 e. The molecular formula is C24H35NO3S. The van der Waals surface area contributed by atoms with Gasteiger partial charge in [0.15, 0.2) is 0 Å². The van der Waals surface area contributed by atoms with E-state index < -0.39 is 5.97 Å². The van der Waals surface area contributed by atoms with Gasteiger partial charge in [-0.1, -0.05) is 48.9 Å². The highest BCUT2D eigenvalue weighted by molar-refractivity contribution is 8.00. The van der Waals surface area contributed by atoms with Crippen LogP contribution in [0.25, 0.3) is 0 Å². The molecule has 3 unspecified atom stereocenters. The number of carboxylic acids is 1. The highest BCUT2D eigenvalue weighted by Crippen LogP contribution is 2.53. The van der Waals surface area contributed by atoms with Gasteiger partial charge < -0.3 is 9.84 Å². The number of benzene rings is 1. The fraction of sp³-hybridized carbons (Fsp3) is 0.625. The smallest absolute Gasteiger partial charge is 0.303 e. The molecule has 0 aromatic heterocycles. The van der Waals surface area contributed by atoms with Gasteiger partial charge in [0.2, 0.25) is 0 Å².